The van der Waals surface area contributed by atoms with Crippen molar-refractivity contribution >= 4 is 49.6 Å². The number of likely N-dealkylation sites (N-methyl/N-ethyl adjacent to an activating group) is 1. The van der Waals surface area contributed by atoms with Crippen molar-refractivity contribution in [3.05, 3.63) is 72.7 Å². The normalized spacial score (nSPS) is 19.8. The van der Waals surface area contributed by atoms with E-state index in [1.807, 2.05) is 20.8 Å². The minimum atomic E-state index is -4.12. The number of ether oxygens (including phenoxy) is 1. The van der Waals surface area contributed by atoms with E-state index in [1.165, 1.54) is 22.3 Å². The highest BCUT2D eigenvalue weighted by Gasteiger charge is 2.65. The molecule has 8 rings (SSSR count). The van der Waals surface area contributed by atoms with Crippen LogP contribution >= 0.6 is 0 Å². The van der Waals surface area contributed by atoms with Crippen LogP contribution in [0.3, 0.4) is 0 Å². The first-order chi connectivity index (χ1) is 23.9. The van der Waals surface area contributed by atoms with Crippen molar-refractivity contribution < 1.29 is 26.9 Å². The maximum atomic E-state index is 14.3. The van der Waals surface area contributed by atoms with Crippen molar-refractivity contribution in [2.75, 3.05) is 25.0 Å². The third-order valence-corrected chi connectivity index (χ3v) is 12.0. The fourth-order valence-electron chi connectivity index (χ4n) is 8.14. The average molecular weight is 670 g/mol. The number of benzene rings is 2. The highest BCUT2D eigenvalue weighted by Crippen LogP contribution is 2.66. The number of likely N-dealkylation sites (tertiary alicyclic amines) is 1. The molecule has 0 radical (unpaired) electrons. The van der Waals surface area contributed by atoms with Gasteiger partial charge in [0, 0.05) is 59.3 Å². The quantitative estimate of drug-likeness (QED) is 0.236. The Morgan fingerprint density at radius 1 is 1.04 bits per heavy atom. The first-order valence-electron chi connectivity index (χ1n) is 17.5. The first kappa shape index (κ1) is 27.3. The molecular weight excluding hydrogens is 629 g/mol. The van der Waals surface area contributed by atoms with E-state index in [0.717, 1.165) is 23.1 Å². The Hall–Kier alpha value is -4.71. The van der Waals surface area contributed by atoms with Gasteiger partial charge in [0.05, 0.1) is 33.9 Å². The lowest BCUT2D eigenvalue weighted by Gasteiger charge is -2.57. The van der Waals surface area contributed by atoms with Gasteiger partial charge in [0.2, 0.25) is 5.91 Å². The summed E-state index contributed by atoms with van der Waals surface area (Å²) in [4.78, 5) is 35.3. The van der Waals surface area contributed by atoms with E-state index in [1.54, 1.807) is 65.6 Å². The average Bonchev–Trinajstić information content (AvgIpc) is 3.73. The maximum absolute atomic E-state index is 14.3. The molecular formula is C36H38N6O5S. The van der Waals surface area contributed by atoms with Gasteiger partial charge in [-0.05, 0) is 81.7 Å². The zero-order chi connectivity index (χ0) is 36.3. The smallest absolute Gasteiger partial charge is 0.410 e. The summed E-state index contributed by atoms with van der Waals surface area (Å²) in [6.45, 7) is 4.10. The molecule has 2 aromatic carbocycles. The number of aromatic nitrogens is 4. The molecule has 0 N–H and O–H groups in total. The van der Waals surface area contributed by atoms with Crippen molar-refractivity contribution in [3.63, 3.8) is 0 Å². The lowest BCUT2D eigenvalue weighted by molar-refractivity contribution is -0.134. The van der Waals surface area contributed by atoms with Crippen LogP contribution in [-0.2, 0) is 31.9 Å². The Labute approximate surface area is 283 Å². The van der Waals surface area contributed by atoms with Gasteiger partial charge >= 0.3 is 6.09 Å². The van der Waals surface area contributed by atoms with E-state index >= 15 is 0 Å². The van der Waals surface area contributed by atoms with Crippen LogP contribution in [0.5, 0.6) is 0 Å². The Balaban J connectivity index is 1.27. The molecule has 1 saturated carbocycles. The number of rotatable bonds is 3. The number of nitrogens with zero attached hydrogens (tertiary/aromatic N) is 6. The lowest BCUT2D eigenvalue weighted by atomic mass is 9.47. The number of fused-ring (bicyclic) bond motifs is 5. The van der Waals surface area contributed by atoms with Gasteiger partial charge in [-0.15, -0.1) is 0 Å². The predicted octanol–water partition coefficient (Wildman–Crippen LogP) is 5.85. The molecule has 0 atom stereocenters. The molecule has 5 aromatic rings. The molecule has 0 unspecified atom stereocenters. The summed E-state index contributed by atoms with van der Waals surface area (Å²) in [5.74, 6) is -0.0639. The van der Waals surface area contributed by atoms with Crippen LogP contribution < -0.4 is 4.90 Å². The fraction of sp³-hybridized carbons (Fsp3) is 0.389. The van der Waals surface area contributed by atoms with Crippen molar-refractivity contribution in [1.29, 1.82) is 0 Å². The third kappa shape index (κ3) is 4.41. The summed E-state index contributed by atoms with van der Waals surface area (Å²) >= 11 is 0. The highest BCUT2D eigenvalue weighted by atomic mass is 32.2. The van der Waals surface area contributed by atoms with Crippen LogP contribution in [0.2, 0.25) is 0 Å². The number of carbonyl (C=O) groups excluding carboxylic acids is 2. The number of aryl methyl sites for hydroxylation is 1. The molecule has 3 aliphatic rings. The molecule has 11 nitrogen and oxygen atoms in total. The molecule has 5 heterocycles. The number of amides is 2. The zero-order valence-corrected chi connectivity index (χ0v) is 28.0. The minimum absolute atomic E-state index is 0.0639. The van der Waals surface area contributed by atoms with Crippen molar-refractivity contribution in [3.8, 4) is 11.1 Å². The van der Waals surface area contributed by atoms with Gasteiger partial charge < -0.3 is 14.5 Å². The summed E-state index contributed by atoms with van der Waals surface area (Å²) < 4.78 is 59.9. The Morgan fingerprint density at radius 2 is 1.77 bits per heavy atom. The highest BCUT2D eigenvalue weighted by molar-refractivity contribution is 7.90. The standard InChI is InChI=1S/C36H38N6O5S/c1-34(2,3)47-33(44)41-15-13-35(14-16-41)21-36(22-35)30-28(39(4)32(36)43)19-37-31-29(30)26(23-11-12-27-24(17-23)18-38-40(27)5)20-42(31)48(45,46)25-9-7-6-8-10-25/h6-12,17-20H,13-16,21-22H2,1-5H3/i5D3. The summed E-state index contributed by atoms with van der Waals surface area (Å²) in [5, 5.41) is 5.24. The van der Waals surface area contributed by atoms with Crippen LogP contribution in [0.4, 0.5) is 10.5 Å². The van der Waals surface area contributed by atoms with E-state index in [0.29, 0.717) is 59.0 Å². The predicted molar refractivity (Wildman–Crippen MR) is 182 cm³/mol. The molecule has 2 aliphatic heterocycles. The summed E-state index contributed by atoms with van der Waals surface area (Å²) in [7, 11) is -2.39. The number of anilines is 1. The zero-order valence-electron chi connectivity index (χ0n) is 30.2. The number of hydrogen-bond donors (Lipinski definition) is 0. The molecule has 2 amide bonds. The molecule has 1 aliphatic carbocycles. The number of hydrogen-bond acceptors (Lipinski definition) is 7. The van der Waals surface area contributed by atoms with E-state index in [2.05, 4.69) is 5.10 Å². The van der Waals surface area contributed by atoms with E-state index in [-0.39, 0.29) is 28.0 Å². The van der Waals surface area contributed by atoms with Crippen LogP contribution in [0, 0.1) is 5.41 Å². The van der Waals surface area contributed by atoms with Gasteiger partial charge in [0.1, 0.15) is 5.60 Å². The SMILES string of the molecule is [2H]C([2H])([2H])n1ncc2cc(-c3cn(S(=O)(=O)c4ccccc4)c4ncc5c(c34)C3(CC4(CCN(C(=O)OC(C)(C)C)CC4)C3)C(=O)N5C)ccc21. The largest absolute Gasteiger partial charge is 0.444 e. The van der Waals surface area contributed by atoms with Gasteiger partial charge in [-0.1, -0.05) is 24.3 Å². The second-order valence-corrected chi connectivity index (χ2v) is 16.3. The maximum Gasteiger partial charge on any atom is 0.410 e. The monoisotopic (exact) mass is 669 g/mol. The van der Waals surface area contributed by atoms with Crippen LogP contribution in [0.1, 0.15) is 56.1 Å². The molecule has 248 valence electrons. The van der Waals surface area contributed by atoms with Crippen LogP contribution in [0.25, 0.3) is 33.1 Å². The van der Waals surface area contributed by atoms with E-state index in [4.69, 9.17) is 13.8 Å². The lowest BCUT2D eigenvalue weighted by Crippen LogP contribution is -2.58. The molecule has 48 heavy (non-hydrogen) atoms. The summed E-state index contributed by atoms with van der Waals surface area (Å²) in [6, 6.07) is 13.3. The van der Waals surface area contributed by atoms with Gasteiger partial charge in [0.15, 0.2) is 5.65 Å². The Morgan fingerprint density at radius 3 is 2.46 bits per heavy atom. The second-order valence-electron chi connectivity index (χ2n) is 14.5. The van der Waals surface area contributed by atoms with Crippen molar-refractivity contribution in [2.45, 2.75) is 62.4 Å². The van der Waals surface area contributed by atoms with Gasteiger partial charge in [-0.25, -0.2) is 22.2 Å². The Bertz CT molecular complexity index is 2360. The molecule has 1 saturated heterocycles. The number of piperidine rings is 1. The fourth-order valence-corrected chi connectivity index (χ4v) is 9.48. The topological polar surface area (TPSA) is 120 Å². The Kier molecular flexibility index (Phi) is 5.76. The van der Waals surface area contributed by atoms with Crippen molar-refractivity contribution in [1.82, 2.24) is 23.6 Å². The second kappa shape index (κ2) is 10.1. The summed E-state index contributed by atoms with van der Waals surface area (Å²) in [6.07, 6.45) is 6.82. The number of pyridine rings is 1. The van der Waals surface area contributed by atoms with Gasteiger partial charge in [0.25, 0.3) is 10.0 Å². The molecule has 12 heteroatoms. The van der Waals surface area contributed by atoms with E-state index in [9.17, 15) is 18.0 Å². The third-order valence-electron chi connectivity index (χ3n) is 10.3. The molecule has 3 aromatic heterocycles. The van der Waals surface area contributed by atoms with Crippen LogP contribution in [0.15, 0.2) is 72.0 Å². The minimum Gasteiger partial charge on any atom is -0.444 e. The van der Waals surface area contributed by atoms with Crippen LogP contribution in [-0.4, -0.2) is 69.8 Å². The molecule has 2 spiro atoms. The first-order valence-corrected chi connectivity index (χ1v) is 17.5. The van der Waals surface area contributed by atoms with Gasteiger partial charge in [-0.2, -0.15) is 5.10 Å². The molecule has 0 bridgehead atoms. The van der Waals surface area contributed by atoms with Gasteiger partial charge in [-0.3, -0.25) is 9.48 Å². The summed E-state index contributed by atoms with van der Waals surface area (Å²) in [5.41, 5.74) is 1.49. The van der Waals surface area contributed by atoms with E-state index < -0.39 is 28.0 Å². The molecule has 2 fully saturated rings. The number of carbonyl (C=O) groups is 2. The van der Waals surface area contributed by atoms with Crippen molar-refractivity contribution in [2.24, 2.45) is 12.4 Å².